The highest BCUT2D eigenvalue weighted by atomic mass is 15.6. The highest BCUT2D eigenvalue weighted by Crippen LogP contribution is 2.57. The van der Waals surface area contributed by atoms with Crippen molar-refractivity contribution in [3.05, 3.63) is 252 Å². The lowest BCUT2D eigenvalue weighted by molar-refractivity contribution is -0.0639. The van der Waals surface area contributed by atoms with Crippen LogP contribution in [0.1, 0.15) is 41.3 Å². The zero-order valence-electron chi connectivity index (χ0n) is 34.2. The molecule has 0 radical (unpaired) electrons. The number of allylic oxidation sites excluding steroid dienone is 3. The Morgan fingerprint density at radius 1 is 0.516 bits per heavy atom. The molecule has 0 amide bonds. The van der Waals surface area contributed by atoms with Crippen LogP contribution >= 0.6 is 0 Å². The number of anilines is 1. The van der Waals surface area contributed by atoms with Gasteiger partial charge in [0.15, 0.2) is 0 Å². The number of aromatic nitrogens is 1. The Kier molecular flexibility index (Phi) is 8.65. The Balaban J connectivity index is 0.844. The van der Waals surface area contributed by atoms with E-state index in [1.54, 1.807) is 0 Å². The normalized spacial score (nSPS) is 18.0. The van der Waals surface area contributed by atoms with Crippen LogP contribution in [0.5, 0.6) is 0 Å². The highest BCUT2D eigenvalue weighted by molar-refractivity contribution is 6.10. The maximum Gasteiger partial charge on any atom is 0.142 e. The zero-order valence-corrected chi connectivity index (χ0v) is 34.2. The van der Waals surface area contributed by atoms with Crippen LogP contribution in [0.3, 0.4) is 0 Å². The first-order valence-corrected chi connectivity index (χ1v) is 21.7. The van der Waals surface area contributed by atoms with Crippen LogP contribution in [0.4, 0.5) is 5.69 Å². The van der Waals surface area contributed by atoms with E-state index in [0.29, 0.717) is 0 Å². The third kappa shape index (κ3) is 6.02. The highest BCUT2D eigenvalue weighted by Gasteiger charge is 2.58. The van der Waals surface area contributed by atoms with Crippen LogP contribution in [0.2, 0.25) is 0 Å². The van der Waals surface area contributed by atoms with Crippen molar-refractivity contribution < 1.29 is 0 Å². The minimum absolute atomic E-state index is 0.0622. The van der Waals surface area contributed by atoms with Crippen molar-refractivity contribution >= 4 is 38.8 Å². The van der Waals surface area contributed by atoms with Crippen molar-refractivity contribution in [2.24, 2.45) is 0 Å². The summed E-state index contributed by atoms with van der Waals surface area (Å²) < 4.78 is 2.39. The molecule has 0 spiro atoms. The molecule has 0 bridgehead atoms. The predicted octanol–water partition coefficient (Wildman–Crippen LogP) is 14.1. The first-order chi connectivity index (χ1) is 30.7. The summed E-state index contributed by atoms with van der Waals surface area (Å²) in [4.78, 5) is 2.54. The van der Waals surface area contributed by atoms with Crippen LogP contribution in [0.25, 0.3) is 61.0 Å². The molecule has 1 fully saturated rings. The SMILES string of the molecule is C1=CC(Nc2cccc(-c3ccc4c5ccccc5n(-c5ccccc5)c4c3)c2)=C(c2cccc(-c3cccc(C4N[C@]5(c6ccccc6)C=C(c6ccccc6)N45)c3)c2)CC1. The second-order valence-electron chi connectivity index (χ2n) is 16.6. The number of nitrogens with zero attached hydrogens (tertiary/aromatic N) is 2. The van der Waals surface area contributed by atoms with Gasteiger partial charge in [-0.3, -0.25) is 5.32 Å². The number of fused-ring (bicyclic) bond motifs is 4. The fourth-order valence-electron chi connectivity index (χ4n) is 9.98. The van der Waals surface area contributed by atoms with Gasteiger partial charge in [0.2, 0.25) is 0 Å². The first kappa shape index (κ1) is 36.2. The van der Waals surface area contributed by atoms with E-state index < -0.39 is 0 Å². The standard InChI is InChI=1S/C58H44N4/c1-4-17-40(18-5-1)56-39-58(47-24-6-2-7-25-47)60-57(62(56)58)46-23-15-20-42(36-46)41-19-14-22-45(35-41)50-29-10-12-31-53(50)59-48-26-16-21-43(37-48)44-33-34-52-51-30-11-13-32-54(51)61(55(52)38-44)49-27-8-3-9-28-49/h1-9,11-28,30-39,57,59-60H,10,29H2/t57?,58-/m1/s1. The summed E-state index contributed by atoms with van der Waals surface area (Å²) in [6.07, 6.45) is 8.97. The Bertz CT molecular complexity index is 3250. The van der Waals surface area contributed by atoms with Gasteiger partial charge in [-0.1, -0.05) is 164 Å². The van der Waals surface area contributed by atoms with Gasteiger partial charge in [0, 0.05) is 33.5 Å². The quantitative estimate of drug-likeness (QED) is 0.153. The predicted molar refractivity (Wildman–Crippen MR) is 257 cm³/mol. The minimum Gasteiger partial charge on any atom is -0.355 e. The van der Waals surface area contributed by atoms with Crippen molar-refractivity contribution in [1.29, 1.82) is 0 Å². The van der Waals surface area contributed by atoms with Gasteiger partial charge in [0.1, 0.15) is 11.8 Å². The van der Waals surface area contributed by atoms with Crippen molar-refractivity contribution in [2.45, 2.75) is 24.7 Å². The van der Waals surface area contributed by atoms with Crippen LogP contribution in [-0.4, -0.2) is 9.47 Å². The number of hydrogen-bond acceptors (Lipinski definition) is 3. The van der Waals surface area contributed by atoms with Gasteiger partial charge in [-0.25, -0.2) is 0 Å². The number of benzene rings is 8. The molecule has 12 rings (SSSR count). The molecule has 296 valence electrons. The molecule has 3 aliphatic rings. The van der Waals surface area contributed by atoms with Crippen LogP contribution in [-0.2, 0) is 5.66 Å². The second-order valence-corrected chi connectivity index (χ2v) is 16.6. The molecular formula is C58H44N4. The summed E-state index contributed by atoms with van der Waals surface area (Å²) in [7, 11) is 0. The molecule has 9 aromatic rings. The van der Waals surface area contributed by atoms with Gasteiger partial charge in [-0.05, 0) is 124 Å². The minimum atomic E-state index is -0.297. The molecule has 4 heteroatoms. The fourth-order valence-corrected chi connectivity index (χ4v) is 9.98. The Morgan fingerprint density at radius 2 is 1.16 bits per heavy atom. The summed E-state index contributed by atoms with van der Waals surface area (Å²) in [5.74, 6) is 0. The summed E-state index contributed by atoms with van der Waals surface area (Å²) in [6.45, 7) is 0. The van der Waals surface area contributed by atoms with Crippen molar-refractivity contribution in [1.82, 2.24) is 14.8 Å². The number of nitrogens with one attached hydrogen (secondary N) is 2. The molecule has 1 aliphatic carbocycles. The lowest BCUT2D eigenvalue weighted by Gasteiger charge is -2.66. The summed E-state index contributed by atoms with van der Waals surface area (Å²) in [5, 5.41) is 10.3. The van der Waals surface area contributed by atoms with E-state index in [-0.39, 0.29) is 11.8 Å². The van der Waals surface area contributed by atoms with E-state index in [2.05, 4.69) is 245 Å². The van der Waals surface area contributed by atoms with Crippen LogP contribution in [0, 0.1) is 0 Å². The molecule has 1 aromatic heterocycles. The Morgan fingerprint density at radius 3 is 2.00 bits per heavy atom. The molecule has 2 atom stereocenters. The van der Waals surface area contributed by atoms with Gasteiger partial charge in [0.25, 0.3) is 0 Å². The lowest BCUT2D eigenvalue weighted by atomic mass is 9.79. The van der Waals surface area contributed by atoms with E-state index in [1.165, 1.54) is 83.3 Å². The Labute approximate surface area is 362 Å². The molecule has 62 heavy (non-hydrogen) atoms. The topological polar surface area (TPSA) is 32.2 Å². The maximum atomic E-state index is 3.96. The number of hydrogen-bond donors (Lipinski definition) is 2. The van der Waals surface area contributed by atoms with Gasteiger partial charge < -0.3 is 14.8 Å². The average Bonchev–Trinajstić information content (AvgIpc) is 3.67. The van der Waals surface area contributed by atoms with E-state index in [9.17, 15) is 0 Å². The largest absolute Gasteiger partial charge is 0.355 e. The third-order valence-corrected chi connectivity index (χ3v) is 13.0. The molecule has 2 N–H and O–H groups in total. The molecule has 1 saturated heterocycles. The molecule has 8 aromatic carbocycles. The molecule has 4 nitrogen and oxygen atoms in total. The maximum absolute atomic E-state index is 3.96. The average molecular weight is 797 g/mol. The van der Waals surface area contributed by atoms with E-state index in [4.69, 9.17) is 0 Å². The van der Waals surface area contributed by atoms with Gasteiger partial charge in [0.05, 0.1) is 11.0 Å². The first-order valence-electron chi connectivity index (χ1n) is 21.7. The zero-order chi connectivity index (χ0) is 41.0. The van der Waals surface area contributed by atoms with Gasteiger partial charge in [-0.2, -0.15) is 0 Å². The molecule has 0 saturated carbocycles. The summed E-state index contributed by atoms with van der Waals surface area (Å²) in [5.41, 5.74) is 17.9. The summed E-state index contributed by atoms with van der Waals surface area (Å²) in [6, 6.07) is 74.8. The van der Waals surface area contributed by atoms with Crippen molar-refractivity contribution in [2.75, 3.05) is 5.32 Å². The van der Waals surface area contributed by atoms with Gasteiger partial charge >= 0.3 is 0 Å². The van der Waals surface area contributed by atoms with Crippen LogP contribution in [0.15, 0.2) is 230 Å². The van der Waals surface area contributed by atoms with Crippen molar-refractivity contribution in [3.63, 3.8) is 0 Å². The summed E-state index contributed by atoms with van der Waals surface area (Å²) >= 11 is 0. The fraction of sp³-hybridized carbons (Fsp3) is 0.0690. The third-order valence-electron chi connectivity index (χ3n) is 13.0. The molecule has 1 unspecified atom stereocenters. The molecule has 3 heterocycles. The van der Waals surface area contributed by atoms with Crippen LogP contribution < -0.4 is 10.6 Å². The number of rotatable bonds is 9. The smallest absolute Gasteiger partial charge is 0.142 e. The Hall–Kier alpha value is -7.66. The second kappa shape index (κ2) is 14.8. The van der Waals surface area contributed by atoms with Crippen molar-refractivity contribution in [3.8, 4) is 27.9 Å². The molecule has 2 aliphatic heterocycles. The van der Waals surface area contributed by atoms with Gasteiger partial charge in [-0.15, -0.1) is 0 Å². The monoisotopic (exact) mass is 796 g/mol. The lowest BCUT2D eigenvalue weighted by Crippen LogP contribution is -2.74. The number of para-hydroxylation sites is 2. The van der Waals surface area contributed by atoms with E-state index in [0.717, 1.165) is 24.2 Å². The van der Waals surface area contributed by atoms with E-state index in [1.807, 2.05) is 0 Å². The molecular weight excluding hydrogens is 753 g/mol. The van der Waals surface area contributed by atoms with E-state index >= 15 is 0 Å².